The molecular weight excluding hydrogens is 222 g/mol. The van der Waals surface area contributed by atoms with Gasteiger partial charge in [-0.2, -0.15) is 0 Å². The second-order valence-electron chi connectivity index (χ2n) is 4.27. The number of methoxy groups -OCH3 is 1. The quantitative estimate of drug-likeness (QED) is 0.740. The van der Waals surface area contributed by atoms with Gasteiger partial charge in [0.05, 0.1) is 12.8 Å². The van der Waals surface area contributed by atoms with Crippen LogP contribution in [0.15, 0.2) is 47.5 Å². The van der Waals surface area contributed by atoms with Gasteiger partial charge in [0.1, 0.15) is 5.75 Å². The molecule has 2 rings (SSSR count). The van der Waals surface area contributed by atoms with Gasteiger partial charge in [-0.05, 0) is 48.7 Å². The average Bonchev–Trinajstić information content (AvgIpc) is 2.38. The van der Waals surface area contributed by atoms with Gasteiger partial charge in [0.2, 0.25) is 0 Å². The summed E-state index contributed by atoms with van der Waals surface area (Å²) in [6.07, 6.45) is 1.90. The van der Waals surface area contributed by atoms with Crippen molar-refractivity contribution in [2.75, 3.05) is 7.11 Å². The second kappa shape index (κ2) is 5.50. The van der Waals surface area contributed by atoms with E-state index in [2.05, 4.69) is 24.0 Å². The first-order chi connectivity index (χ1) is 8.70. The van der Waals surface area contributed by atoms with E-state index < -0.39 is 0 Å². The van der Waals surface area contributed by atoms with E-state index in [1.165, 1.54) is 5.56 Å². The fourth-order valence-corrected chi connectivity index (χ4v) is 1.82. The summed E-state index contributed by atoms with van der Waals surface area (Å²) in [5.74, 6) is 0.893. The van der Waals surface area contributed by atoms with Gasteiger partial charge in [0.25, 0.3) is 0 Å². The Balaban J connectivity index is 2.24. The van der Waals surface area contributed by atoms with Crippen molar-refractivity contribution in [3.8, 4) is 5.75 Å². The van der Waals surface area contributed by atoms with Crippen molar-refractivity contribution in [2.45, 2.75) is 13.8 Å². The van der Waals surface area contributed by atoms with Crippen LogP contribution in [0.25, 0.3) is 0 Å². The lowest BCUT2D eigenvalue weighted by Gasteiger charge is -2.04. The minimum Gasteiger partial charge on any atom is -0.496 e. The van der Waals surface area contributed by atoms with E-state index in [1.54, 1.807) is 7.11 Å². The SMILES string of the molecule is COc1ccc(N=Cc2ccccc2C)cc1C. The van der Waals surface area contributed by atoms with Crippen LogP contribution in [-0.4, -0.2) is 13.3 Å². The highest BCUT2D eigenvalue weighted by molar-refractivity contribution is 5.83. The number of ether oxygens (including phenoxy) is 1. The molecule has 2 heteroatoms. The van der Waals surface area contributed by atoms with Crippen LogP contribution >= 0.6 is 0 Å². The van der Waals surface area contributed by atoms with Crippen molar-refractivity contribution in [1.82, 2.24) is 0 Å². The fraction of sp³-hybridized carbons (Fsp3) is 0.188. The summed E-state index contributed by atoms with van der Waals surface area (Å²) in [5, 5.41) is 0. The Morgan fingerprint density at radius 2 is 1.78 bits per heavy atom. The molecule has 0 radical (unpaired) electrons. The summed E-state index contributed by atoms with van der Waals surface area (Å²) in [6.45, 7) is 4.10. The average molecular weight is 239 g/mol. The Labute approximate surface area is 108 Å². The van der Waals surface area contributed by atoms with E-state index in [-0.39, 0.29) is 0 Å². The van der Waals surface area contributed by atoms with Gasteiger partial charge in [-0.1, -0.05) is 24.3 Å². The Morgan fingerprint density at radius 3 is 2.44 bits per heavy atom. The number of aliphatic imine (C=N–C) groups is 1. The topological polar surface area (TPSA) is 21.6 Å². The van der Waals surface area contributed by atoms with Crippen LogP contribution in [0, 0.1) is 13.8 Å². The fourth-order valence-electron chi connectivity index (χ4n) is 1.82. The summed E-state index contributed by atoms with van der Waals surface area (Å²) in [5.41, 5.74) is 4.41. The van der Waals surface area contributed by atoms with E-state index >= 15 is 0 Å². The Bertz CT molecular complexity index is 573. The standard InChI is InChI=1S/C16H17NO/c1-12-6-4-5-7-14(12)11-17-15-8-9-16(18-3)13(2)10-15/h4-11H,1-3H3. The van der Waals surface area contributed by atoms with Gasteiger partial charge in [0.15, 0.2) is 0 Å². The predicted octanol–water partition coefficient (Wildman–Crippen LogP) is 4.06. The number of rotatable bonds is 3. The molecule has 0 amide bonds. The number of aryl methyl sites for hydroxylation is 2. The molecular formula is C16H17NO. The van der Waals surface area contributed by atoms with Crippen molar-refractivity contribution in [2.24, 2.45) is 4.99 Å². The lowest BCUT2D eigenvalue weighted by molar-refractivity contribution is 0.412. The van der Waals surface area contributed by atoms with Crippen LogP contribution in [0.5, 0.6) is 5.75 Å². The predicted molar refractivity (Wildman–Crippen MR) is 76.2 cm³/mol. The van der Waals surface area contributed by atoms with Crippen molar-refractivity contribution in [3.63, 3.8) is 0 Å². The molecule has 0 spiro atoms. The first-order valence-electron chi connectivity index (χ1n) is 5.95. The molecule has 0 saturated carbocycles. The Hall–Kier alpha value is -2.09. The zero-order valence-corrected chi connectivity index (χ0v) is 11.0. The summed E-state index contributed by atoms with van der Waals surface area (Å²) in [7, 11) is 1.68. The summed E-state index contributed by atoms with van der Waals surface area (Å²) in [4.78, 5) is 4.49. The Kier molecular flexibility index (Phi) is 3.78. The minimum atomic E-state index is 0.893. The van der Waals surface area contributed by atoms with Gasteiger partial charge in [-0.3, -0.25) is 4.99 Å². The molecule has 0 aromatic heterocycles. The van der Waals surface area contributed by atoms with Gasteiger partial charge in [0, 0.05) is 6.21 Å². The normalized spacial score (nSPS) is 10.8. The first-order valence-corrected chi connectivity index (χ1v) is 5.95. The molecule has 0 aliphatic rings. The minimum absolute atomic E-state index is 0.893. The van der Waals surface area contributed by atoms with Crippen LogP contribution in [0.1, 0.15) is 16.7 Å². The zero-order chi connectivity index (χ0) is 13.0. The molecule has 0 saturated heterocycles. The monoisotopic (exact) mass is 239 g/mol. The van der Waals surface area contributed by atoms with Gasteiger partial charge >= 0.3 is 0 Å². The third kappa shape index (κ3) is 2.77. The highest BCUT2D eigenvalue weighted by Gasteiger charge is 1.98. The molecule has 2 aromatic rings. The molecule has 0 aliphatic carbocycles. The van der Waals surface area contributed by atoms with Gasteiger partial charge in [-0.15, -0.1) is 0 Å². The zero-order valence-electron chi connectivity index (χ0n) is 11.0. The van der Waals surface area contributed by atoms with Crippen LogP contribution in [0.4, 0.5) is 5.69 Å². The molecule has 92 valence electrons. The molecule has 0 fully saturated rings. The van der Waals surface area contributed by atoms with Crippen LogP contribution < -0.4 is 4.74 Å². The van der Waals surface area contributed by atoms with Crippen LogP contribution in [0.3, 0.4) is 0 Å². The molecule has 0 N–H and O–H groups in total. The molecule has 0 atom stereocenters. The number of nitrogens with zero attached hydrogens (tertiary/aromatic N) is 1. The lowest BCUT2D eigenvalue weighted by Crippen LogP contribution is -1.87. The van der Waals surface area contributed by atoms with E-state index in [0.717, 1.165) is 22.6 Å². The van der Waals surface area contributed by atoms with E-state index in [4.69, 9.17) is 4.74 Å². The largest absolute Gasteiger partial charge is 0.496 e. The molecule has 0 bridgehead atoms. The van der Waals surface area contributed by atoms with Crippen molar-refractivity contribution >= 4 is 11.9 Å². The maximum absolute atomic E-state index is 5.23. The third-order valence-electron chi connectivity index (χ3n) is 2.92. The van der Waals surface area contributed by atoms with Crippen molar-refractivity contribution in [1.29, 1.82) is 0 Å². The van der Waals surface area contributed by atoms with Crippen LogP contribution in [-0.2, 0) is 0 Å². The summed E-state index contributed by atoms with van der Waals surface area (Å²) in [6, 6.07) is 14.1. The van der Waals surface area contributed by atoms with Crippen molar-refractivity contribution in [3.05, 3.63) is 59.2 Å². The molecule has 18 heavy (non-hydrogen) atoms. The third-order valence-corrected chi connectivity index (χ3v) is 2.92. The van der Waals surface area contributed by atoms with E-state index in [9.17, 15) is 0 Å². The van der Waals surface area contributed by atoms with Gasteiger partial charge in [-0.25, -0.2) is 0 Å². The molecule has 2 nitrogen and oxygen atoms in total. The van der Waals surface area contributed by atoms with Gasteiger partial charge < -0.3 is 4.74 Å². The Morgan fingerprint density at radius 1 is 1.00 bits per heavy atom. The number of hydrogen-bond donors (Lipinski definition) is 0. The lowest BCUT2D eigenvalue weighted by atomic mass is 10.1. The molecule has 0 heterocycles. The molecule has 2 aromatic carbocycles. The summed E-state index contributed by atoms with van der Waals surface area (Å²) < 4.78 is 5.23. The van der Waals surface area contributed by atoms with Crippen LogP contribution in [0.2, 0.25) is 0 Å². The number of benzene rings is 2. The molecule has 0 unspecified atom stereocenters. The maximum Gasteiger partial charge on any atom is 0.121 e. The highest BCUT2D eigenvalue weighted by atomic mass is 16.5. The number of hydrogen-bond acceptors (Lipinski definition) is 2. The second-order valence-corrected chi connectivity index (χ2v) is 4.27. The molecule has 0 aliphatic heterocycles. The maximum atomic E-state index is 5.23. The van der Waals surface area contributed by atoms with Crippen molar-refractivity contribution < 1.29 is 4.74 Å². The smallest absolute Gasteiger partial charge is 0.121 e. The summed E-state index contributed by atoms with van der Waals surface area (Å²) >= 11 is 0. The first kappa shape index (κ1) is 12.4. The van der Waals surface area contributed by atoms with E-state index in [1.807, 2.05) is 43.5 Å². The van der Waals surface area contributed by atoms with E-state index in [0.29, 0.717) is 0 Å². The highest BCUT2D eigenvalue weighted by Crippen LogP contribution is 2.23.